The largest absolute Gasteiger partial charge is 0.379 e. The van der Waals surface area contributed by atoms with Crippen molar-refractivity contribution in [2.75, 3.05) is 11.1 Å². The first kappa shape index (κ1) is 16.3. The van der Waals surface area contributed by atoms with E-state index in [4.69, 9.17) is 17.3 Å². The highest BCUT2D eigenvalue weighted by atomic mass is 35.5. The Balaban J connectivity index is 1.77. The first-order chi connectivity index (χ1) is 11.0. The van der Waals surface area contributed by atoms with Crippen molar-refractivity contribution in [3.05, 3.63) is 45.2 Å². The first-order valence-electron chi connectivity index (χ1n) is 6.98. The van der Waals surface area contributed by atoms with Gasteiger partial charge in [0.1, 0.15) is 5.82 Å². The van der Waals surface area contributed by atoms with Crippen molar-refractivity contribution in [2.24, 2.45) is 10.7 Å². The molecule has 23 heavy (non-hydrogen) atoms. The number of amides is 1. The van der Waals surface area contributed by atoms with Crippen LogP contribution in [-0.2, 0) is 5.54 Å². The van der Waals surface area contributed by atoms with Gasteiger partial charge in [0, 0.05) is 16.8 Å². The van der Waals surface area contributed by atoms with Gasteiger partial charge in [-0.15, -0.1) is 11.3 Å². The van der Waals surface area contributed by atoms with Crippen LogP contribution in [0.15, 0.2) is 35.5 Å². The van der Waals surface area contributed by atoms with Gasteiger partial charge in [-0.05, 0) is 37.6 Å². The van der Waals surface area contributed by atoms with E-state index in [-0.39, 0.29) is 11.4 Å². The normalized spacial score (nSPS) is 20.9. The van der Waals surface area contributed by atoms with Crippen molar-refractivity contribution in [2.45, 2.75) is 18.9 Å². The van der Waals surface area contributed by atoms with Crippen LogP contribution in [0.4, 0.5) is 5.82 Å². The molecule has 0 aromatic carbocycles. The van der Waals surface area contributed by atoms with Crippen LogP contribution in [0, 0.1) is 0 Å². The second-order valence-electron chi connectivity index (χ2n) is 5.30. The number of anilines is 1. The summed E-state index contributed by atoms with van der Waals surface area (Å²) in [4.78, 5) is 22.6. The van der Waals surface area contributed by atoms with E-state index in [9.17, 15) is 4.79 Å². The molecule has 5 nitrogen and oxygen atoms in total. The Bertz CT molecular complexity index is 759. The van der Waals surface area contributed by atoms with Gasteiger partial charge in [-0.2, -0.15) is 0 Å². The third kappa shape index (κ3) is 3.68. The number of rotatable bonds is 3. The molecular weight excluding hydrogens is 352 g/mol. The zero-order valence-electron chi connectivity index (χ0n) is 12.4. The molecule has 3 N–H and O–H groups in total. The molecule has 1 unspecified atom stereocenters. The van der Waals surface area contributed by atoms with Gasteiger partial charge in [0.2, 0.25) is 0 Å². The summed E-state index contributed by atoms with van der Waals surface area (Å²) in [5.74, 6) is 1.21. The number of nitrogens with two attached hydrogens (primary N) is 1. The van der Waals surface area contributed by atoms with Crippen molar-refractivity contribution in [1.29, 1.82) is 0 Å². The van der Waals surface area contributed by atoms with E-state index in [0.29, 0.717) is 20.9 Å². The summed E-state index contributed by atoms with van der Waals surface area (Å²) in [6, 6.07) is 7.10. The molecule has 0 saturated heterocycles. The summed E-state index contributed by atoms with van der Waals surface area (Å²) >= 11 is 8.78. The Morgan fingerprint density at radius 2 is 2.22 bits per heavy atom. The van der Waals surface area contributed by atoms with E-state index in [2.05, 4.69) is 15.3 Å². The molecule has 8 heteroatoms. The van der Waals surface area contributed by atoms with Crippen molar-refractivity contribution in [3.63, 3.8) is 0 Å². The molecule has 1 amide bonds. The number of thiophene rings is 1. The molecule has 2 aromatic rings. The number of hydrogen-bond acceptors (Lipinski definition) is 6. The van der Waals surface area contributed by atoms with Crippen LogP contribution in [0.3, 0.4) is 0 Å². The highest BCUT2D eigenvalue weighted by Crippen LogP contribution is 2.38. The molecule has 1 atom stereocenters. The molecule has 0 bridgehead atoms. The molecule has 1 aliphatic heterocycles. The Labute approximate surface area is 147 Å². The summed E-state index contributed by atoms with van der Waals surface area (Å²) < 4.78 is 0. The lowest BCUT2D eigenvalue weighted by molar-refractivity contribution is 0.103. The summed E-state index contributed by atoms with van der Waals surface area (Å²) in [6.45, 7) is 2.05. The Kier molecular flexibility index (Phi) is 4.61. The fourth-order valence-electron chi connectivity index (χ4n) is 2.24. The predicted octanol–water partition coefficient (Wildman–Crippen LogP) is 3.72. The zero-order valence-corrected chi connectivity index (χ0v) is 14.8. The summed E-state index contributed by atoms with van der Waals surface area (Å²) in [6.07, 6.45) is 2.40. The summed E-state index contributed by atoms with van der Waals surface area (Å²) in [5.41, 5.74) is 5.50. The van der Waals surface area contributed by atoms with Crippen LogP contribution in [0.2, 0.25) is 5.02 Å². The number of nitrogens with one attached hydrogen (secondary N) is 1. The highest BCUT2D eigenvalue weighted by Gasteiger charge is 2.31. The lowest BCUT2D eigenvalue weighted by Gasteiger charge is -2.28. The number of carbonyl (C=O) groups excluding carboxylic acids is 1. The SMILES string of the molecule is CC1(c2ccc(C(=O)Nc3ccc(Cl)cn3)s2)CCSC(N)=N1. The fourth-order valence-corrected chi connectivity index (χ4v) is 4.35. The van der Waals surface area contributed by atoms with E-state index >= 15 is 0 Å². The van der Waals surface area contributed by atoms with Gasteiger partial charge < -0.3 is 11.1 Å². The molecule has 3 rings (SSSR count). The topological polar surface area (TPSA) is 80.4 Å². The Hall–Kier alpha value is -1.57. The molecule has 0 aliphatic carbocycles. The molecule has 120 valence electrons. The van der Waals surface area contributed by atoms with E-state index < -0.39 is 0 Å². The summed E-state index contributed by atoms with van der Waals surface area (Å²) in [7, 11) is 0. The Morgan fingerprint density at radius 3 is 2.91 bits per heavy atom. The number of amidine groups is 1. The molecular formula is C15H15ClN4OS2. The summed E-state index contributed by atoms with van der Waals surface area (Å²) in [5, 5.41) is 3.89. The van der Waals surface area contributed by atoms with Gasteiger partial charge in [-0.3, -0.25) is 9.79 Å². The van der Waals surface area contributed by atoms with Crippen LogP contribution in [0.1, 0.15) is 27.9 Å². The zero-order chi connectivity index (χ0) is 16.4. The molecule has 0 saturated carbocycles. The maximum atomic E-state index is 12.3. The smallest absolute Gasteiger partial charge is 0.266 e. The maximum Gasteiger partial charge on any atom is 0.266 e. The number of hydrogen-bond donors (Lipinski definition) is 2. The third-order valence-electron chi connectivity index (χ3n) is 3.53. The highest BCUT2D eigenvalue weighted by molar-refractivity contribution is 8.13. The van der Waals surface area contributed by atoms with Gasteiger partial charge in [0.15, 0.2) is 5.17 Å². The van der Waals surface area contributed by atoms with Crippen LogP contribution < -0.4 is 11.1 Å². The standard InChI is InChI=1S/C15H15ClN4OS2/c1-15(6-7-22-14(17)20-15)11-4-3-10(23-11)13(21)19-12-5-2-9(16)8-18-12/h2-5,8H,6-7H2,1H3,(H2,17,20)(H,18,19,21). The maximum absolute atomic E-state index is 12.3. The number of nitrogens with zero attached hydrogens (tertiary/aromatic N) is 2. The molecule has 3 heterocycles. The second-order valence-corrected chi connectivity index (χ2v) is 7.94. The minimum atomic E-state index is -0.350. The van der Waals surface area contributed by atoms with Crippen LogP contribution >= 0.6 is 34.7 Å². The van der Waals surface area contributed by atoms with Gasteiger partial charge in [0.05, 0.1) is 15.4 Å². The third-order valence-corrected chi connectivity index (χ3v) is 5.88. The Morgan fingerprint density at radius 1 is 1.39 bits per heavy atom. The molecule has 2 aromatic heterocycles. The predicted molar refractivity (Wildman–Crippen MR) is 97.6 cm³/mol. The van der Waals surface area contributed by atoms with E-state index in [1.165, 1.54) is 17.5 Å². The van der Waals surface area contributed by atoms with Crippen molar-refractivity contribution in [1.82, 2.24) is 4.98 Å². The molecule has 0 spiro atoms. The first-order valence-corrected chi connectivity index (χ1v) is 9.16. The molecule has 0 radical (unpaired) electrons. The van der Waals surface area contributed by atoms with Crippen LogP contribution in [0.25, 0.3) is 0 Å². The molecule has 1 aliphatic rings. The van der Waals surface area contributed by atoms with E-state index in [1.807, 2.05) is 19.1 Å². The quantitative estimate of drug-likeness (QED) is 0.867. The van der Waals surface area contributed by atoms with Gasteiger partial charge in [-0.1, -0.05) is 23.4 Å². The number of halogens is 1. The lowest BCUT2D eigenvalue weighted by Crippen LogP contribution is -2.27. The van der Waals surface area contributed by atoms with Crippen molar-refractivity contribution in [3.8, 4) is 0 Å². The van der Waals surface area contributed by atoms with Gasteiger partial charge in [-0.25, -0.2) is 4.98 Å². The van der Waals surface area contributed by atoms with Gasteiger partial charge >= 0.3 is 0 Å². The minimum absolute atomic E-state index is 0.193. The minimum Gasteiger partial charge on any atom is -0.379 e. The second kappa shape index (κ2) is 6.51. The van der Waals surface area contributed by atoms with Crippen LogP contribution in [0.5, 0.6) is 0 Å². The molecule has 0 fully saturated rings. The van der Waals surface area contributed by atoms with Gasteiger partial charge in [0.25, 0.3) is 5.91 Å². The number of carbonyl (C=O) groups is 1. The van der Waals surface area contributed by atoms with Crippen molar-refractivity contribution >= 4 is 51.6 Å². The average Bonchev–Trinajstić information content (AvgIpc) is 3.00. The van der Waals surface area contributed by atoms with E-state index in [1.54, 1.807) is 23.9 Å². The number of thioether (sulfide) groups is 1. The average molecular weight is 367 g/mol. The van der Waals surface area contributed by atoms with Crippen LogP contribution in [-0.4, -0.2) is 21.8 Å². The lowest BCUT2D eigenvalue weighted by atomic mass is 9.98. The van der Waals surface area contributed by atoms with Crippen molar-refractivity contribution < 1.29 is 4.79 Å². The number of aromatic nitrogens is 1. The number of pyridine rings is 1. The van der Waals surface area contributed by atoms with E-state index in [0.717, 1.165) is 17.1 Å². The monoisotopic (exact) mass is 366 g/mol. The fraction of sp³-hybridized carbons (Fsp3) is 0.267. The number of aliphatic imine (C=N–C) groups is 1.